The van der Waals surface area contributed by atoms with Crippen LogP contribution in [0.3, 0.4) is 0 Å². The molecule has 2 unspecified atom stereocenters. The minimum Gasteiger partial charge on any atom is -0.394 e. The van der Waals surface area contributed by atoms with E-state index in [1.807, 2.05) is 13.8 Å². The molecule has 1 saturated heterocycles. The number of carbonyl (C=O) groups is 1. The molecule has 0 radical (unpaired) electrons. The topological polar surface area (TPSA) is 84.6 Å². The van der Waals surface area contributed by atoms with Gasteiger partial charge in [-0.25, -0.2) is 0 Å². The molecule has 5 heteroatoms. The zero-order valence-corrected chi connectivity index (χ0v) is 10.0. The summed E-state index contributed by atoms with van der Waals surface area (Å²) in [6.45, 7) is 4.66. The Bertz CT molecular complexity index is 233. The van der Waals surface area contributed by atoms with Crippen LogP contribution in [0.1, 0.15) is 26.7 Å². The van der Waals surface area contributed by atoms with E-state index in [-0.39, 0.29) is 24.5 Å². The van der Waals surface area contributed by atoms with Crippen molar-refractivity contribution in [3.8, 4) is 0 Å². The Kier molecular flexibility index (Phi) is 4.70. The largest absolute Gasteiger partial charge is 0.394 e. The maximum Gasteiger partial charge on any atom is 0.227 e. The van der Waals surface area contributed by atoms with Gasteiger partial charge in [0.2, 0.25) is 5.91 Å². The number of hydrogen-bond acceptors (Lipinski definition) is 4. The number of carbonyl (C=O) groups excluding carboxylic acids is 1. The second-order valence-corrected chi connectivity index (χ2v) is 4.44. The first-order valence-electron chi connectivity index (χ1n) is 5.84. The van der Waals surface area contributed by atoms with Gasteiger partial charge in [-0.2, -0.15) is 0 Å². The Morgan fingerprint density at radius 2 is 2.12 bits per heavy atom. The fraction of sp³-hybridized carbons (Fsp3) is 0.909. The summed E-state index contributed by atoms with van der Waals surface area (Å²) in [5, 5.41) is 12.3. The van der Waals surface area contributed by atoms with Gasteiger partial charge < -0.3 is 20.9 Å². The highest BCUT2D eigenvalue weighted by molar-refractivity contribution is 5.80. The molecule has 1 rings (SSSR count). The lowest BCUT2D eigenvalue weighted by Gasteiger charge is -2.32. The molecule has 0 spiro atoms. The summed E-state index contributed by atoms with van der Waals surface area (Å²) in [6, 6.07) is -0.231. The van der Waals surface area contributed by atoms with E-state index in [0.29, 0.717) is 26.1 Å². The van der Waals surface area contributed by atoms with E-state index >= 15 is 0 Å². The first-order chi connectivity index (χ1) is 7.58. The normalized spacial score (nSPS) is 25.8. The summed E-state index contributed by atoms with van der Waals surface area (Å²) in [5.74, 6) is -0.397. The molecular formula is C11H22N2O3. The van der Waals surface area contributed by atoms with Crippen molar-refractivity contribution in [2.24, 2.45) is 11.7 Å². The van der Waals surface area contributed by atoms with Gasteiger partial charge in [0.15, 0.2) is 0 Å². The van der Waals surface area contributed by atoms with Crippen molar-refractivity contribution in [1.82, 2.24) is 5.32 Å². The molecule has 4 N–H and O–H groups in total. The third kappa shape index (κ3) is 2.72. The minimum atomic E-state index is -0.514. The molecule has 94 valence electrons. The van der Waals surface area contributed by atoms with Crippen LogP contribution in [0.15, 0.2) is 0 Å². The number of aliphatic hydroxyl groups excluding tert-OH is 1. The first-order valence-corrected chi connectivity index (χ1v) is 5.84. The van der Waals surface area contributed by atoms with Crippen LogP contribution in [0.2, 0.25) is 0 Å². The maximum atomic E-state index is 12.0. The molecule has 0 aromatic rings. The summed E-state index contributed by atoms with van der Waals surface area (Å²) in [4.78, 5) is 12.0. The molecule has 5 nitrogen and oxygen atoms in total. The second-order valence-electron chi connectivity index (χ2n) is 4.44. The van der Waals surface area contributed by atoms with Gasteiger partial charge in [-0.05, 0) is 12.8 Å². The average molecular weight is 230 g/mol. The maximum absolute atomic E-state index is 12.0. The van der Waals surface area contributed by atoms with Gasteiger partial charge in [-0.15, -0.1) is 0 Å². The Labute approximate surface area is 96.3 Å². The molecule has 1 aliphatic rings. The van der Waals surface area contributed by atoms with Crippen LogP contribution in [-0.2, 0) is 9.53 Å². The summed E-state index contributed by atoms with van der Waals surface area (Å²) >= 11 is 0. The van der Waals surface area contributed by atoms with Crippen LogP contribution in [0.5, 0.6) is 0 Å². The molecule has 0 aromatic heterocycles. The quantitative estimate of drug-likeness (QED) is 0.601. The fourth-order valence-corrected chi connectivity index (χ4v) is 1.88. The van der Waals surface area contributed by atoms with Gasteiger partial charge in [0, 0.05) is 6.04 Å². The number of amides is 1. The van der Waals surface area contributed by atoms with Gasteiger partial charge in [0.05, 0.1) is 31.3 Å². The predicted octanol–water partition coefficient (Wildman–Crippen LogP) is -0.373. The van der Waals surface area contributed by atoms with Crippen molar-refractivity contribution in [3.05, 3.63) is 0 Å². The van der Waals surface area contributed by atoms with Crippen LogP contribution >= 0.6 is 0 Å². The zero-order valence-electron chi connectivity index (χ0n) is 10.0. The molecule has 1 fully saturated rings. The van der Waals surface area contributed by atoms with Crippen LogP contribution in [0.25, 0.3) is 0 Å². The first kappa shape index (κ1) is 13.4. The van der Waals surface area contributed by atoms with Gasteiger partial charge in [-0.1, -0.05) is 13.8 Å². The molecule has 2 atom stereocenters. The van der Waals surface area contributed by atoms with Gasteiger partial charge in [0.25, 0.3) is 0 Å². The molecule has 0 bridgehead atoms. The lowest BCUT2D eigenvalue weighted by molar-refractivity contribution is -0.128. The molecule has 1 amide bonds. The Hall–Kier alpha value is -0.650. The second kappa shape index (κ2) is 5.61. The smallest absolute Gasteiger partial charge is 0.227 e. The SMILES string of the molecule is CCC(CC)(CO)NC(=O)C1COCC1N. The minimum absolute atomic E-state index is 0.0471. The van der Waals surface area contributed by atoms with Crippen LogP contribution in [0.4, 0.5) is 0 Å². The van der Waals surface area contributed by atoms with E-state index in [2.05, 4.69) is 5.32 Å². The van der Waals surface area contributed by atoms with Crippen molar-refractivity contribution in [3.63, 3.8) is 0 Å². The Morgan fingerprint density at radius 1 is 1.50 bits per heavy atom. The highest BCUT2D eigenvalue weighted by atomic mass is 16.5. The van der Waals surface area contributed by atoms with Gasteiger partial charge >= 0.3 is 0 Å². The molecule has 1 heterocycles. The van der Waals surface area contributed by atoms with E-state index in [1.54, 1.807) is 0 Å². The van der Waals surface area contributed by atoms with Crippen LogP contribution in [0, 0.1) is 5.92 Å². The highest BCUT2D eigenvalue weighted by Crippen LogP contribution is 2.18. The van der Waals surface area contributed by atoms with E-state index in [9.17, 15) is 9.90 Å². The van der Waals surface area contributed by atoms with Crippen molar-refractivity contribution in [2.75, 3.05) is 19.8 Å². The molecule has 0 aromatic carbocycles. The van der Waals surface area contributed by atoms with Crippen LogP contribution in [-0.4, -0.2) is 42.4 Å². The third-order valence-corrected chi connectivity index (χ3v) is 3.51. The molecule has 0 aliphatic carbocycles. The molecule has 0 saturated carbocycles. The third-order valence-electron chi connectivity index (χ3n) is 3.51. The van der Waals surface area contributed by atoms with E-state index in [0.717, 1.165) is 0 Å². The molecular weight excluding hydrogens is 208 g/mol. The standard InChI is InChI=1S/C11H22N2O3/c1-3-11(4-2,7-14)13-10(15)8-5-16-6-9(8)12/h8-9,14H,3-7,12H2,1-2H3,(H,13,15). The van der Waals surface area contributed by atoms with Crippen molar-refractivity contribution < 1.29 is 14.6 Å². The predicted molar refractivity (Wildman–Crippen MR) is 60.8 cm³/mol. The van der Waals surface area contributed by atoms with Gasteiger partial charge in [-0.3, -0.25) is 4.79 Å². The van der Waals surface area contributed by atoms with E-state index < -0.39 is 5.54 Å². The van der Waals surface area contributed by atoms with E-state index in [1.165, 1.54) is 0 Å². The number of hydrogen-bond donors (Lipinski definition) is 3. The number of aliphatic hydroxyl groups is 1. The average Bonchev–Trinajstić information content (AvgIpc) is 2.72. The van der Waals surface area contributed by atoms with Crippen molar-refractivity contribution in [1.29, 1.82) is 0 Å². The lowest BCUT2D eigenvalue weighted by Crippen LogP contribution is -2.54. The number of nitrogens with two attached hydrogens (primary N) is 1. The Morgan fingerprint density at radius 3 is 2.50 bits per heavy atom. The van der Waals surface area contributed by atoms with Gasteiger partial charge in [0.1, 0.15) is 0 Å². The molecule has 1 aliphatic heterocycles. The Balaban J connectivity index is 2.61. The summed E-state index contributed by atoms with van der Waals surface area (Å²) in [7, 11) is 0. The summed E-state index contributed by atoms with van der Waals surface area (Å²) in [5.41, 5.74) is 5.26. The number of rotatable bonds is 5. The molecule has 16 heavy (non-hydrogen) atoms. The number of nitrogens with one attached hydrogen (secondary N) is 1. The summed E-state index contributed by atoms with van der Waals surface area (Å²) in [6.07, 6.45) is 1.41. The monoisotopic (exact) mass is 230 g/mol. The van der Waals surface area contributed by atoms with Crippen molar-refractivity contribution in [2.45, 2.75) is 38.3 Å². The van der Waals surface area contributed by atoms with Crippen molar-refractivity contribution >= 4 is 5.91 Å². The van der Waals surface area contributed by atoms with E-state index in [4.69, 9.17) is 10.5 Å². The zero-order chi connectivity index (χ0) is 12.2. The summed E-state index contributed by atoms with van der Waals surface area (Å²) < 4.78 is 5.16. The fourth-order valence-electron chi connectivity index (χ4n) is 1.88. The highest BCUT2D eigenvalue weighted by Gasteiger charge is 2.35. The number of ether oxygens (including phenoxy) is 1. The lowest BCUT2D eigenvalue weighted by atomic mass is 9.92. The van der Waals surface area contributed by atoms with Crippen LogP contribution < -0.4 is 11.1 Å².